The zero-order valence-electron chi connectivity index (χ0n) is 14.4. The second kappa shape index (κ2) is 7.22. The first kappa shape index (κ1) is 18.3. The molecule has 1 aromatic rings. The predicted molar refractivity (Wildman–Crippen MR) is 91.0 cm³/mol. The van der Waals surface area contributed by atoms with Crippen molar-refractivity contribution in [2.24, 2.45) is 0 Å². The van der Waals surface area contributed by atoms with Gasteiger partial charge < -0.3 is 14.5 Å². The summed E-state index contributed by atoms with van der Waals surface area (Å²) in [5.41, 5.74) is -0.407. The number of piperidine rings is 1. The third-order valence-corrected chi connectivity index (χ3v) is 4.04. The minimum atomic E-state index is -0.512. The van der Waals surface area contributed by atoms with Gasteiger partial charge in [0.05, 0.1) is 6.20 Å². The summed E-state index contributed by atoms with van der Waals surface area (Å²) in [7, 11) is 1.88. The van der Waals surface area contributed by atoms with Gasteiger partial charge in [0.25, 0.3) is 0 Å². The van der Waals surface area contributed by atoms with Gasteiger partial charge in [-0.1, -0.05) is 11.6 Å². The zero-order chi connectivity index (χ0) is 17.9. The fourth-order valence-corrected chi connectivity index (χ4v) is 2.73. The highest BCUT2D eigenvalue weighted by molar-refractivity contribution is 6.30. The largest absolute Gasteiger partial charge is 0.444 e. The molecule has 2 heterocycles. The van der Waals surface area contributed by atoms with E-state index in [1.165, 1.54) is 6.20 Å². The van der Waals surface area contributed by atoms with Crippen LogP contribution in [0.15, 0.2) is 6.20 Å². The van der Waals surface area contributed by atoms with Crippen molar-refractivity contribution in [3.05, 3.63) is 17.0 Å². The molecule has 1 atom stereocenters. The number of rotatable bonds is 2. The second-order valence-electron chi connectivity index (χ2n) is 6.81. The van der Waals surface area contributed by atoms with E-state index in [-0.39, 0.29) is 23.0 Å². The van der Waals surface area contributed by atoms with Crippen LogP contribution in [0.1, 0.15) is 39.3 Å². The molecule has 1 aromatic heterocycles. The molecule has 1 amide bonds. The van der Waals surface area contributed by atoms with Gasteiger partial charge in [-0.3, -0.25) is 0 Å². The van der Waals surface area contributed by atoms with Crippen LogP contribution in [0.25, 0.3) is 0 Å². The van der Waals surface area contributed by atoms with E-state index >= 15 is 0 Å². The van der Waals surface area contributed by atoms with Crippen molar-refractivity contribution in [1.29, 1.82) is 5.26 Å². The highest BCUT2D eigenvalue weighted by Crippen LogP contribution is 2.23. The number of carbonyl (C=O) groups excluding carboxylic acids is 1. The lowest BCUT2D eigenvalue weighted by Crippen LogP contribution is -2.50. The molecule has 1 unspecified atom stereocenters. The fourth-order valence-electron chi connectivity index (χ4n) is 2.55. The molecule has 0 radical (unpaired) electrons. The zero-order valence-corrected chi connectivity index (χ0v) is 15.2. The second-order valence-corrected chi connectivity index (χ2v) is 7.17. The molecule has 1 fully saturated rings. The maximum atomic E-state index is 12.3. The summed E-state index contributed by atoms with van der Waals surface area (Å²) < 4.78 is 5.44. The van der Waals surface area contributed by atoms with Crippen LogP contribution in [0.3, 0.4) is 0 Å². The third-order valence-electron chi connectivity index (χ3n) is 3.78. The number of nitriles is 1. The summed E-state index contributed by atoms with van der Waals surface area (Å²) >= 11 is 5.96. The summed E-state index contributed by atoms with van der Waals surface area (Å²) in [5, 5.41) is 8.96. The highest BCUT2D eigenvalue weighted by Gasteiger charge is 2.30. The Morgan fingerprint density at radius 3 is 2.83 bits per heavy atom. The number of aromatic nitrogens is 2. The Morgan fingerprint density at radius 2 is 2.25 bits per heavy atom. The lowest BCUT2D eigenvalue weighted by molar-refractivity contribution is 0.0199. The van der Waals surface area contributed by atoms with Gasteiger partial charge in [-0.05, 0) is 33.6 Å². The van der Waals surface area contributed by atoms with Crippen molar-refractivity contribution in [1.82, 2.24) is 14.9 Å². The smallest absolute Gasteiger partial charge is 0.410 e. The number of amides is 1. The molecule has 1 aliphatic rings. The number of likely N-dealkylation sites (tertiary alicyclic amines) is 1. The quantitative estimate of drug-likeness (QED) is 0.814. The van der Waals surface area contributed by atoms with Crippen molar-refractivity contribution in [2.75, 3.05) is 25.0 Å². The normalized spacial score (nSPS) is 18.0. The van der Waals surface area contributed by atoms with Gasteiger partial charge in [0, 0.05) is 26.2 Å². The molecule has 130 valence electrons. The Labute approximate surface area is 147 Å². The summed E-state index contributed by atoms with van der Waals surface area (Å²) in [4.78, 5) is 24.1. The van der Waals surface area contributed by atoms with E-state index in [1.54, 1.807) is 4.90 Å². The van der Waals surface area contributed by atoms with Gasteiger partial charge in [0.15, 0.2) is 10.8 Å². The van der Waals surface area contributed by atoms with E-state index in [0.29, 0.717) is 18.9 Å². The first-order valence-electron chi connectivity index (χ1n) is 7.84. The van der Waals surface area contributed by atoms with Crippen LogP contribution in [-0.4, -0.2) is 52.7 Å². The van der Waals surface area contributed by atoms with Crippen LogP contribution >= 0.6 is 11.6 Å². The lowest BCUT2D eigenvalue weighted by Gasteiger charge is -2.38. The highest BCUT2D eigenvalue weighted by atomic mass is 35.5. The van der Waals surface area contributed by atoms with Crippen LogP contribution in [0.5, 0.6) is 0 Å². The Morgan fingerprint density at radius 1 is 1.54 bits per heavy atom. The first-order valence-corrected chi connectivity index (χ1v) is 8.22. The Hall–Kier alpha value is -2.07. The van der Waals surface area contributed by atoms with Crippen LogP contribution in [-0.2, 0) is 4.74 Å². The van der Waals surface area contributed by atoms with Gasteiger partial charge >= 0.3 is 6.09 Å². The van der Waals surface area contributed by atoms with Crippen LogP contribution in [0.2, 0.25) is 5.15 Å². The van der Waals surface area contributed by atoms with E-state index in [9.17, 15) is 4.79 Å². The average Bonchev–Trinajstić information content (AvgIpc) is 2.52. The lowest BCUT2D eigenvalue weighted by atomic mass is 10.0. The van der Waals surface area contributed by atoms with E-state index < -0.39 is 5.60 Å². The van der Waals surface area contributed by atoms with Crippen molar-refractivity contribution in [2.45, 2.75) is 45.3 Å². The SMILES string of the molecule is CN(c1cnc(C#N)c(Cl)n1)C1CCCN(C(=O)OC(C)(C)C)C1. The molecule has 1 saturated heterocycles. The van der Waals surface area contributed by atoms with Gasteiger partial charge in [-0.15, -0.1) is 0 Å². The topological polar surface area (TPSA) is 82.4 Å². The molecule has 0 N–H and O–H groups in total. The number of hydrogen-bond donors (Lipinski definition) is 0. The van der Waals surface area contributed by atoms with Gasteiger partial charge in [-0.2, -0.15) is 5.26 Å². The standard InChI is InChI=1S/C16H22ClN5O2/c1-16(2,3)24-15(23)22-7-5-6-11(10-22)21(4)13-9-19-12(8-18)14(17)20-13/h9,11H,5-7,10H2,1-4H3. The number of hydrogen-bond acceptors (Lipinski definition) is 6. The fraction of sp³-hybridized carbons (Fsp3) is 0.625. The molecule has 0 aromatic carbocycles. The maximum Gasteiger partial charge on any atom is 0.410 e. The van der Waals surface area contributed by atoms with E-state index in [2.05, 4.69) is 9.97 Å². The Bertz CT molecular complexity index is 653. The third kappa shape index (κ3) is 4.48. The van der Waals surface area contributed by atoms with Crippen molar-refractivity contribution >= 4 is 23.5 Å². The number of anilines is 1. The van der Waals surface area contributed by atoms with Crippen LogP contribution < -0.4 is 4.90 Å². The minimum Gasteiger partial charge on any atom is -0.444 e. The Kier molecular flexibility index (Phi) is 5.50. The van der Waals surface area contributed by atoms with Gasteiger partial charge in [0.1, 0.15) is 17.5 Å². The monoisotopic (exact) mass is 351 g/mol. The molecule has 24 heavy (non-hydrogen) atoms. The Balaban J connectivity index is 2.07. The van der Waals surface area contributed by atoms with Crippen LogP contribution in [0, 0.1) is 11.3 Å². The van der Waals surface area contributed by atoms with E-state index in [0.717, 1.165) is 12.8 Å². The van der Waals surface area contributed by atoms with Gasteiger partial charge in [0.2, 0.25) is 0 Å². The number of ether oxygens (including phenoxy) is 1. The van der Waals surface area contributed by atoms with Crippen molar-refractivity contribution < 1.29 is 9.53 Å². The number of halogens is 1. The average molecular weight is 352 g/mol. The molecule has 1 aliphatic heterocycles. The summed E-state index contributed by atoms with van der Waals surface area (Å²) in [5.74, 6) is 0.579. The van der Waals surface area contributed by atoms with Crippen molar-refractivity contribution in [3.8, 4) is 6.07 Å². The summed E-state index contributed by atoms with van der Waals surface area (Å²) in [6.45, 7) is 6.79. The number of likely N-dealkylation sites (N-methyl/N-ethyl adjacent to an activating group) is 1. The van der Waals surface area contributed by atoms with E-state index in [4.69, 9.17) is 21.6 Å². The summed E-state index contributed by atoms with van der Waals surface area (Å²) in [6.07, 6.45) is 3.03. The van der Waals surface area contributed by atoms with Crippen LogP contribution in [0.4, 0.5) is 10.6 Å². The van der Waals surface area contributed by atoms with Crippen molar-refractivity contribution in [3.63, 3.8) is 0 Å². The van der Waals surface area contributed by atoms with E-state index in [1.807, 2.05) is 38.8 Å². The first-order chi connectivity index (χ1) is 11.2. The minimum absolute atomic E-state index is 0.0849. The van der Waals surface area contributed by atoms with Gasteiger partial charge in [-0.25, -0.2) is 14.8 Å². The molecule has 0 spiro atoms. The maximum absolute atomic E-state index is 12.3. The molecular formula is C16H22ClN5O2. The molecule has 2 rings (SSSR count). The molecule has 0 aliphatic carbocycles. The number of carbonyl (C=O) groups is 1. The summed E-state index contributed by atoms with van der Waals surface area (Å²) in [6, 6.07) is 1.98. The molecule has 8 heteroatoms. The molecule has 0 bridgehead atoms. The molecular weight excluding hydrogens is 330 g/mol. The molecule has 0 saturated carbocycles. The predicted octanol–water partition coefficient (Wildman–Crippen LogP) is 2.84. The molecule has 7 nitrogen and oxygen atoms in total. The number of nitrogens with zero attached hydrogens (tertiary/aromatic N) is 5.